The fourth-order valence-corrected chi connectivity index (χ4v) is 3.49. The maximum Gasteiger partial charge on any atom is 0.324 e. The molecule has 0 saturated heterocycles. The summed E-state index contributed by atoms with van der Waals surface area (Å²) in [5, 5.41) is 2.51. The standard InChI is InChI=1S/C15H19N3O2S2/c1-16-15(19)18-22-8-7-21-10-13-14(20-11-17-13)9-12-5-3-2-4-6-12/h2-6,11H,7-10H2,1H3,(H2,16,18,19). The van der Waals surface area contributed by atoms with Crippen LogP contribution in [0.4, 0.5) is 4.79 Å². The number of carbonyl (C=O) groups excluding carboxylic acids is 1. The first kappa shape index (κ1) is 16.8. The van der Waals surface area contributed by atoms with Crippen LogP contribution in [0.1, 0.15) is 17.0 Å². The van der Waals surface area contributed by atoms with Crippen molar-refractivity contribution in [2.75, 3.05) is 18.6 Å². The Labute approximate surface area is 138 Å². The molecule has 0 saturated carbocycles. The number of benzene rings is 1. The Kier molecular flexibility index (Phi) is 7.18. The number of aromatic nitrogens is 1. The fourth-order valence-electron chi connectivity index (χ4n) is 1.77. The number of carbonyl (C=O) groups is 1. The molecule has 1 aromatic carbocycles. The van der Waals surface area contributed by atoms with Crippen LogP contribution in [-0.2, 0) is 12.2 Å². The van der Waals surface area contributed by atoms with E-state index < -0.39 is 0 Å². The lowest BCUT2D eigenvalue weighted by molar-refractivity contribution is 0.248. The number of nitrogens with one attached hydrogen (secondary N) is 2. The van der Waals surface area contributed by atoms with E-state index in [4.69, 9.17) is 4.42 Å². The third-order valence-corrected chi connectivity index (χ3v) is 4.86. The van der Waals surface area contributed by atoms with Gasteiger partial charge in [-0.3, -0.25) is 4.72 Å². The van der Waals surface area contributed by atoms with Crippen LogP contribution in [0.15, 0.2) is 41.1 Å². The Morgan fingerprint density at radius 1 is 1.27 bits per heavy atom. The van der Waals surface area contributed by atoms with Crippen LogP contribution >= 0.6 is 23.7 Å². The van der Waals surface area contributed by atoms with E-state index in [1.165, 1.54) is 23.9 Å². The molecule has 0 aliphatic heterocycles. The first-order valence-corrected chi connectivity index (χ1v) is 9.06. The van der Waals surface area contributed by atoms with Crippen LogP contribution in [0.5, 0.6) is 0 Å². The third-order valence-electron chi connectivity index (χ3n) is 2.89. The van der Waals surface area contributed by atoms with Crippen molar-refractivity contribution in [3.8, 4) is 0 Å². The van der Waals surface area contributed by atoms with E-state index in [-0.39, 0.29) is 6.03 Å². The van der Waals surface area contributed by atoms with Crippen molar-refractivity contribution >= 4 is 29.7 Å². The van der Waals surface area contributed by atoms with Crippen molar-refractivity contribution in [2.24, 2.45) is 0 Å². The summed E-state index contributed by atoms with van der Waals surface area (Å²) < 4.78 is 8.19. The van der Waals surface area contributed by atoms with E-state index in [1.807, 2.05) is 18.2 Å². The van der Waals surface area contributed by atoms with Crippen LogP contribution in [0.25, 0.3) is 0 Å². The second kappa shape index (κ2) is 9.42. The summed E-state index contributed by atoms with van der Waals surface area (Å²) in [4.78, 5) is 15.3. The first-order chi connectivity index (χ1) is 10.8. The van der Waals surface area contributed by atoms with Gasteiger partial charge in [-0.2, -0.15) is 11.8 Å². The van der Waals surface area contributed by atoms with Gasteiger partial charge in [0.25, 0.3) is 0 Å². The molecule has 22 heavy (non-hydrogen) atoms. The van der Waals surface area contributed by atoms with Gasteiger partial charge >= 0.3 is 6.03 Å². The average molecular weight is 337 g/mol. The minimum absolute atomic E-state index is 0.170. The van der Waals surface area contributed by atoms with Gasteiger partial charge in [-0.15, -0.1) is 0 Å². The van der Waals surface area contributed by atoms with Crippen LogP contribution in [-0.4, -0.2) is 29.6 Å². The summed E-state index contributed by atoms with van der Waals surface area (Å²) in [5.74, 6) is 3.53. The number of amides is 2. The minimum atomic E-state index is -0.170. The third kappa shape index (κ3) is 5.65. The second-order valence-electron chi connectivity index (χ2n) is 4.47. The number of nitrogens with zero attached hydrogens (tertiary/aromatic N) is 1. The number of thioether (sulfide) groups is 1. The van der Waals surface area contributed by atoms with Crippen molar-refractivity contribution in [1.82, 2.24) is 15.0 Å². The van der Waals surface area contributed by atoms with Gasteiger partial charge in [0.2, 0.25) is 0 Å². The van der Waals surface area contributed by atoms with Crippen molar-refractivity contribution in [2.45, 2.75) is 12.2 Å². The topological polar surface area (TPSA) is 67.2 Å². The van der Waals surface area contributed by atoms with Gasteiger partial charge in [0.05, 0.1) is 5.69 Å². The van der Waals surface area contributed by atoms with Gasteiger partial charge in [0.15, 0.2) is 6.39 Å². The Hall–Kier alpha value is -1.60. The quantitative estimate of drug-likeness (QED) is 0.572. The molecule has 0 unspecified atom stereocenters. The number of rotatable bonds is 8. The van der Waals surface area contributed by atoms with Gasteiger partial charge in [-0.05, 0) is 17.5 Å². The molecule has 7 heteroatoms. The summed E-state index contributed by atoms with van der Waals surface area (Å²) in [6, 6.07) is 10.1. The van der Waals surface area contributed by atoms with Crippen molar-refractivity contribution < 1.29 is 9.21 Å². The van der Waals surface area contributed by atoms with Gasteiger partial charge in [0, 0.05) is 30.7 Å². The highest BCUT2D eigenvalue weighted by Crippen LogP contribution is 2.19. The molecule has 5 nitrogen and oxygen atoms in total. The van der Waals surface area contributed by atoms with Crippen LogP contribution in [0.2, 0.25) is 0 Å². The Morgan fingerprint density at radius 2 is 2.09 bits per heavy atom. The van der Waals surface area contributed by atoms with E-state index in [0.717, 1.165) is 35.1 Å². The summed E-state index contributed by atoms with van der Waals surface area (Å²) in [6.45, 7) is 0. The Balaban J connectivity index is 1.70. The summed E-state index contributed by atoms with van der Waals surface area (Å²) >= 11 is 3.18. The summed E-state index contributed by atoms with van der Waals surface area (Å²) in [6.07, 6.45) is 2.28. The molecule has 2 rings (SSSR count). The van der Waals surface area contributed by atoms with E-state index >= 15 is 0 Å². The summed E-state index contributed by atoms with van der Waals surface area (Å²) in [7, 11) is 1.60. The molecular formula is C15H19N3O2S2. The van der Waals surface area contributed by atoms with Crippen molar-refractivity contribution in [1.29, 1.82) is 0 Å². The molecule has 2 aromatic rings. The number of hydrogen-bond acceptors (Lipinski definition) is 5. The van der Waals surface area contributed by atoms with Crippen LogP contribution in [0, 0.1) is 0 Å². The van der Waals surface area contributed by atoms with Crippen LogP contribution in [0.3, 0.4) is 0 Å². The Morgan fingerprint density at radius 3 is 2.86 bits per heavy atom. The number of hydrogen-bond donors (Lipinski definition) is 2. The van der Waals surface area contributed by atoms with Gasteiger partial charge in [0.1, 0.15) is 5.76 Å². The maximum atomic E-state index is 11.0. The lowest BCUT2D eigenvalue weighted by Gasteiger charge is -2.04. The van der Waals surface area contributed by atoms with E-state index in [1.54, 1.807) is 18.8 Å². The lowest BCUT2D eigenvalue weighted by atomic mass is 10.1. The zero-order chi connectivity index (χ0) is 15.6. The molecule has 2 amide bonds. The Bertz CT molecular complexity index is 575. The number of oxazole rings is 1. The second-order valence-corrected chi connectivity index (χ2v) is 6.47. The lowest BCUT2D eigenvalue weighted by Crippen LogP contribution is -2.27. The molecule has 0 fully saturated rings. The highest BCUT2D eigenvalue weighted by atomic mass is 32.2. The molecule has 0 bridgehead atoms. The van der Waals surface area contributed by atoms with Gasteiger partial charge in [-0.1, -0.05) is 30.3 Å². The molecule has 0 atom stereocenters. The van der Waals surface area contributed by atoms with Crippen LogP contribution < -0.4 is 10.0 Å². The minimum Gasteiger partial charge on any atom is -0.448 e. The van der Waals surface area contributed by atoms with Gasteiger partial charge in [-0.25, -0.2) is 9.78 Å². The highest BCUT2D eigenvalue weighted by Gasteiger charge is 2.09. The first-order valence-electron chi connectivity index (χ1n) is 6.92. The largest absolute Gasteiger partial charge is 0.448 e. The molecule has 2 N–H and O–H groups in total. The van der Waals surface area contributed by atoms with Gasteiger partial charge < -0.3 is 9.73 Å². The molecular weight excluding hydrogens is 318 g/mol. The maximum absolute atomic E-state index is 11.0. The number of urea groups is 1. The zero-order valence-electron chi connectivity index (χ0n) is 12.4. The highest BCUT2D eigenvalue weighted by molar-refractivity contribution is 8.01. The summed E-state index contributed by atoms with van der Waals surface area (Å²) in [5.41, 5.74) is 2.22. The van der Waals surface area contributed by atoms with E-state index in [2.05, 4.69) is 27.2 Å². The smallest absolute Gasteiger partial charge is 0.324 e. The molecule has 0 aliphatic rings. The molecule has 0 radical (unpaired) electrons. The SMILES string of the molecule is CNC(=O)NSCCSCc1ncoc1Cc1ccccc1. The zero-order valence-corrected chi connectivity index (χ0v) is 14.0. The predicted octanol–water partition coefficient (Wildman–Crippen LogP) is 3.08. The molecule has 0 aliphatic carbocycles. The predicted molar refractivity (Wildman–Crippen MR) is 92.0 cm³/mol. The van der Waals surface area contributed by atoms with Crippen molar-refractivity contribution in [3.05, 3.63) is 53.7 Å². The normalized spacial score (nSPS) is 10.4. The molecule has 1 heterocycles. The monoisotopic (exact) mass is 337 g/mol. The average Bonchev–Trinajstić information content (AvgIpc) is 2.98. The van der Waals surface area contributed by atoms with Crippen molar-refractivity contribution in [3.63, 3.8) is 0 Å². The van der Waals surface area contributed by atoms with E-state index in [0.29, 0.717) is 0 Å². The molecule has 1 aromatic heterocycles. The molecule has 0 spiro atoms. The fraction of sp³-hybridized carbons (Fsp3) is 0.333. The van der Waals surface area contributed by atoms with E-state index in [9.17, 15) is 4.79 Å². The molecule has 118 valence electrons.